The van der Waals surface area contributed by atoms with Gasteiger partial charge in [0, 0.05) is 37.1 Å². The Hall–Kier alpha value is -3.34. The zero-order valence-corrected chi connectivity index (χ0v) is 17.7. The second-order valence-electron chi connectivity index (χ2n) is 7.81. The fourth-order valence-corrected chi connectivity index (χ4v) is 4.09. The van der Waals surface area contributed by atoms with Crippen LogP contribution >= 0.6 is 0 Å². The van der Waals surface area contributed by atoms with E-state index in [4.69, 9.17) is 4.74 Å². The molecular weight excluding hydrogens is 374 g/mol. The predicted octanol–water partition coefficient (Wildman–Crippen LogP) is 5.09. The van der Waals surface area contributed by atoms with E-state index in [1.807, 2.05) is 0 Å². The van der Waals surface area contributed by atoms with Gasteiger partial charge in [0.1, 0.15) is 0 Å². The van der Waals surface area contributed by atoms with Crippen LogP contribution in [-0.2, 0) is 11.2 Å². The lowest BCUT2D eigenvalue weighted by Crippen LogP contribution is -2.14. The molecular formula is C25H27N3O2. The van der Waals surface area contributed by atoms with Crippen molar-refractivity contribution in [3.05, 3.63) is 83.2 Å². The number of carbonyl (C=O) groups excluding carboxylic acids is 1. The molecule has 4 rings (SSSR count). The third-order valence-electron chi connectivity index (χ3n) is 5.90. The van der Waals surface area contributed by atoms with Crippen molar-refractivity contribution < 1.29 is 9.53 Å². The third kappa shape index (κ3) is 4.01. The molecule has 0 saturated carbocycles. The summed E-state index contributed by atoms with van der Waals surface area (Å²) < 4.78 is 4.87. The third-order valence-corrected chi connectivity index (χ3v) is 5.90. The van der Waals surface area contributed by atoms with E-state index in [1.54, 1.807) is 18.5 Å². The summed E-state index contributed by atoms with van der Waals surface area (Å²) in [6.45, 7) is 2.86. The summed E-state index contributed by atoms with van der Waals surface area (Å²) in [5.74, 6) is 0.0555. The molecule has 5 nitrogen and oxygen atoms in total. The lowest BCUT2D eigenvalue weighted by molar-refractivity contribution is 0.0601. The van der Waals surface area contributed by atoms with Gasteiger partial charge in [0.15, 0.2) is 0 Å². The molecule has 0 aliphatic heterocycles. The van der Waals surface area contributed by atoms with Crippen LogP contribution in [0.1, 0.15) is 39.4 Å². The van der Waals surface area contributed by atoms with E-state index in [2.05, 4.69) is 71.6 Å². The molecule has 0 spiro atoms. The molecule has 30 heavy (non-hydrogen) atoms. The minimum Gasteiger partial charge on any atom is -0.465 e. The first-order valence-electron chi connectivity index (χ1n) is 10.3. The van der Waals surface area contributed by atoms with E-state index >= 15 is 0 Å². The van der Waals surface area contributed by atoms with Gasteiger partial charge in [-0.3, -0.25) is 4.98 Å². The molecule has 3 aromatic rings. The highest BCUT2D eigenvalue weighted by Crippen LogP contribution is 2.37. The molecule has 1 aliphatic carbocycles. The first-order chi connectivity index (χ1) is 14.6. The predicted molar refractivity (Wildman–Crippen MR) is 121 cm³/mol. The van der Waals surface area contributed by atoms with Crippen molar-refractivity contribution in [2.24, 2.45) is 0 Å². The lowest BCUT2D eigenvalue weighted by Gasteiger charge is -2.21. The van der Waals surface area contributed by atoms with Gasteiger partial charge >= 0.3 is 5.97 Å². The van der Waals surface area contributed by atoms with Crippen LogP contribution in [0.4, 0.5) is 17.1 Å². The summed E-state index contributed by atoms with van der Waals surface area (Å²) in [5.41, 5.74) is 7.66. The van der Waals surface area contributed by atoms with Gasteiger partial charge in [-0.05, 0) is 61.2 Å². The monoisotopic (exact) mass is 401 g/mol. The molecule has 154 valence electrons. The van der Waals surface area contributed by atoms with Gasteiger partial charge in [-0.1, -0.05) is 23.8 Å². The molecule has 2 aromatic carbocycles. The van der Waals surface area contributed by atoms with Gasteiger partial charge in [0.2, 0.25) is 0 Å². The quantitative estimate of drug-likeness (QED) is 0.583. The number of rotatable bonds is 6. The summed E-state index contributed by atoms with van der Waals surface area (Å²) >= 11 is 0. The molecule has 0 radical (unpaired) electrons. The largest absolute Gasteiger partial charge is 0.465 e. The Kier molecular flexibility index (Phi) is 5.70. The number of nitrogens with one attached hydrogen (secondary N) is 1. The molecule has 0 fully saturated rings. The van der Waals surface area contributed by atoms with Crippen LogP contribution in [0.15, 0.2) is 60.9 Å². The minimum absolute atomic E-state index is 0.351. The van der Waals surface area contributed by atoms with Crippen molar-refractivity contribution in [2.45, 2.75) is 25.7 Å². The van der Waals surface area contributed by atoms with Gasteiger partial charge in [0.05, 0.1) is 24.6 Å². The van der Waals surface area contributed by atoms with Crippen molar-refractivity contribution in [1.29, 1.82) is 0 Å². The van der Waals surface area contributed by atoms with Gasteiger partial charge in [0.25, 0.3) is 0 Å². The number of aromatic nitrogens is 1. The van der Waals surface area contributed by atoms with E-state index in [1.165, 1.54) is 35.2 Å². The average Bonchev–Trinajstić information content (AvgIpc) is 3.19. The summed E-state index contributed by atoms with van der Waals surface area (Å²) in [5, 5.41) is 3.41. The fourth-order valence-electron chi connectivity index (χ4n) is 4.09. The highest BCUT2D eigenvalue weighted by Gasteiger charge is 2.24. The van der Waals surface area contributed by atoms with Crippen molar-refractivity contribution >= 4 is 23.0 Å². The molecule has 0 bridgehead atoms. The van der Waals surface area contributed by atoms with Crippen LogP contribution in [0.2, 0.25) is 0 Å². The van der Waals surface area contributed by atoms with Crippen LogP contribution in [0.3, 0.4) is 0 Å². The molecule has 0 unspecified atom stereocenters. The van der Waals surface area contributed by atoms with Gasteiger partial charge in [-0.2, -0.15) is 0 Å². The Morgan fingerprint density at radius 2 is 1.93 bits per heavy atom. The Morgan fingerprint density at radius 3 is 2.70 bits per heavy atom. The highest BCUT2D eigenvalue weighted by atomic mass is 16.5. The molecule has 0 saturated heterocycles. The topological polar surface area (TPSA) is 54.5 Å². The van der Waals surface area contributed by atoms with Crippen molar-refractivity contribution in [2.75, 3.05) is 30.9 Å². The second kappa shape index (κ2) is 8.57. The Morgan fingerprint density at radius 1 is 1.17 bits per heavy atom. The maximum atomic E-state index is 12.0. The van der Waals surface area contributed by atoms with Gasteiger partial charge in [-0.25, -0.2) is 4.79 Å². The first-order valence-corrected chi connectivity index (χ1v) is 10.3. The molecule has 1 heterocycles. The smallest absolute Gasteiger partial charge is 0.340 e. The van der Waals surface area contributed by atoms with Crippen LogP contribution in [0.25, 0.3) is 0 Å². The zero-order valence-electron chi connectivity index (χ0n) is 17.7. The Labute approximate surface area is 177 Å². The first kappa shape index (κ1) is 20.0. The van der Waals surface area contributed by atoms with E-state index in [9.17, 15) is 4.79 Å². The van der Waals surface area contributed by atoms with Crippen LogP contribution in [-0.4, -0.2) is 31.7 Å². The number of anilines is 3. The number of nitrogens with zero attached hydrogens (tertiary/aromatic N) is 2. The number of methoxy groups -OCH3 is 1. The Bertz CT molecular complexity index is 1050. The molecule has 0 amide bonds. The second-order valence-corrected chi connectivity index (χ2v) is 7.81. The van der Waals surface area contributed by atoms with E-state index < -0.39 is 0 Å². The maximum Gasteiger partial charge on any atom is 0.340 e. The lowest BCUT2D eigenvalue weighted by atomic mass is 10.0. The summed E-state index contributed by atoms with van der Waals surface area (Å²) in [6.07, 6.45) is 5.44. The standard InChI is InChI=1S/C25H27N3O2/c1-17-4-8-20(9-5-17)28(2)21-10-11-22-18(14-21)6-7-19(22)15-27-24-16-26-13-12-23(24)25(29)30-3/h4-5,8-14,16,19,27H,6-7,15H2,1-3H3/t19-/m1/s1. The highest BCUT2D eigenvalue weighted by molar-refractivity contribution is 5.95. The van der Waals surface area contributed by atoms with Crippen molar-refractivity contribution in [3.63, 3.8) is 0 Å². The maximum absolute atomic E-state index is 12.0. The number of esters is 1. The van der Waals surface area contributed by atoms with Crippen LogP contribution in [0.5, 0.6) is 0 Å². The molecule has 1 aliphatic rings. The molecule has 1 aromatic heterocycles. The van der Waals surface area contributed by atoms with Crippen molar-refractivity contribution in [3.8, 4) is 0 Å². The number of pyridine rings is 1. The number of hydrogen-bond donors (Lipinski definition) is 1. The average molecular weight is 402 g/mol. The number of carbonyl (C=O) groups is 1. The Balaban J connectivity index is 1.48. The SMILES string of the molecule is COC(=O)c1ccncc1NC[C@H]1CCc2cc(N(C)c3ccc(C)cc3)ccc21. The van der Waals surface area contributed by atoms with Crippen LogP contribution < -0.4 is 10.2 Å². The molecule has 1 N–H and O–H groups in total. The van der Waals surface area contributed by atoms with E-state index in [-0.39, 0.29) is 5.97 Å². The summed E-state index contributed by atoms with van der Waals surface area (Å²) in [7, 11) is 3.50. The summed E-state index contributed by atoms with van der Waals surface area (Å²) in [4.78, 5) is 18.3. The number of fused-ring (bicyclic) bond motifs is 1. The molecule has 1 atom stereocenters. The molecule has 5 heteroatoms. The number of aryl methyl sites for hydroxylation is 2. The van der Waals surface area contributed by atoms with Crippen LogP contribution in [0, 0.1) is 6.92 Å². The van der Waals surface area contributed by atoms with Gasteiger partial charge in [-0.15, -0.1) is 0 Å². The fraction of sp³-hybridized carbons (Fsp3) is 0.280. The van der Waals surface area contributed by atoms with Gasteiger partial charge < -0.3 is 15.0 Å². The van der Waals surface area contributed by atoms with E-state index in [0.29, 0.717) is 17.2 Å². The number of benzene rings is 2. The number of hydrogen-bond acceptors (Lipinski definition) is 5. The normalized spacial score (nSPS) is 14.8. The minimum atomic E-state index is -0.351. The van der Waals surface area contributed by atoms with Crippen molar-refractivity contribution in [1.82, 2.24) is 4.98 Å². The zero-order chi connectivity index (χ0) is 21.1. The summed E-state index contributed by atoms with van der Waals surface area (Å²) in [6, 6.07) is 17.0. The van der Waals surface area contributed by atoms with E-state index in [0.717, 1.165) is 19.4 Å². The number of ether oxygens (including phenoxy) is 1.